The van der Waals surface area contributed by atoms with Crippen LogP contribution in [0.2, 0.25) is 0 Å². The first kappa shape index (κ1) is 17.8. The molecule has 0 aliphatic heterocycles. The number of hydrogen-bond acceptors (Lipinski definition) is 4. The highest BCUT2D eigenvalue weighted by Gasteiger charge is 2.12. The Balaban J connectivity index is 1.68. The highest BCUT2D eigenvalue weighted by molar-refractivity contribution is 5.83. The fraction of sp³-hybridized carbons (Fsp3) is 0.300. The van der Waals surface area contributed by atoms with Crippen LogP contribution in [-0.4, -0.2) is 29.9 Å². The van der Waals surface area contributed by atoms with Crippen molar-refractivity contribution >= 4 is 16.8 Å². The molecule has 1 amide bonds. The SMILES string of the molecule is CCn1nc(CNC(=O)Cc2ccc(OC)c(OC)c2)c2ccccc21. The predicted octanol–water partition coefficient (Wildman–Crippen LogP) is 2.93. The molecule has 6 nitrogen and oxygen atoms in total. The summed E-state index contributed by atoms with van der Waals surface area (Å²) in [7, 11) is 3.17. The van der Waals surface area contributed by atoms with Crippen molar-refractivity contribution in [3.05, 3.63) is 53.7 Å². The highest BCUT2D eigenvalue weighted by atomic mass is 16.5. The van der Waals surface area contributed by atoms with Crippen LogP contribution in [0.3, 0.4) is 0 Å². The molecule has 2 aromatic carbocycles. The van der Waals surface area contributed by atoms with E-state index in [4.69, 9.17) is 9.47 Å². The highest BCUT2D eigenvalue weighted by Crippen LogP contribution is 2.27. The lowest BCUT2D eigenvalue weighted by Crippen LogP contribution is -2.25. The van der Waals surface area contributed by atoms with Crippen LogP contribution in [-0.2, 0) is 24.3 Å². The van der Waals surface area contributed by atoms with Crippen LogP contribution in [0.5, 0.6) is 11.5 Å². The van der Waals surface area contributed by atoms with E-state index in [1.54, 1.807) is 20.3 Å². The molecule has 136 valence electrons. The quantitative estimate of drug-likeness (QED) is 0.709. The number of para-hydroxylation sites is 1. The molecular weight excluding hydrogens is 330 g/mol. The van der Waals surface area contributed by atoms with Crippen molar-refractivity contribution in [1.29, 1.82) is 0 Å². The van der Waals surface area contributed by atoms with E-state index in [0.29, 0.717) is 18.0 Å². The zero-order chi connectivity index (χ0) is 18.5. The normalized spacial score (nSPS) is 10.7. The summed E-state index contributed by atoms with van der Waals surface area (Å²) in [6, 6.07) is 13.5. The lowest BCUT2D eigenvalue weighted by Gasteiger charge is -2.09. The Bertz CT molecular complexity index is 918. The number of hydrogen-bond donors (Lipinski definition) is 1. The van der Waals surface area contributed by atoms with Crippen LogP contribution in [0, 0.1) is 0 Å². The van der Waals surface area contributed by atoms with Gasteiger partial charge in [0.1, 0.15) is 0 Å². The van der Waals surface area contributed by atoms with E-state index in [0.717, 1.165) is 28.7 Å². The zero-order valence-electron chi connectivity index (χ0n) is 15.3. The molecule has 3 rings (SSSR count). The van der Waals surface area contributed by atoms with Gasteiger partial charge < -0.3 is 14.8 Å². The van der Waals surface area contributed by atoms with Gasteiger partial charge in [-0.05, 0) is 30.7 Å². The Kier molecular flexibility index (Phi) is 5.41. The largest absolute Gasteiger partial charge is 0.493 e. The number of carbonyl (C=O) groups is 1. The molecule has 0 radical (unpaired) electrons. The number of ether oxygens (including phenoxy) is 2. The van der Waals surface area contributed by atoms with Gasteiger partial charge in [0.15, 0.2) is 11.5 Å². The van der Waals surface area contributed by atoms with Crippen molar-refractivity contribution in [2.45, 2.75) is 26.4 Å². The Morgan fingerprint density at radius 2 is 1.88 bits per heavy atom. The Labute approximate surface area is 152 Å². The minimum atomic E-state index is -0.0626. The van der Waals surface area contributed by atoms with Crippen LogP contribution < -0.4 is 14.8 Å². The van der Waals surface area contributed by atoms with Crippen LogP contribution in [0.25, 0.3) is 10.9 Å². The second-order valence-electron chi connectivity index (χ2n) is 5.92. The van der Waals surface area contributed by atoms with E-state index in [9.17, 15) is 4.79 Å². The zero-order valence-corrected chi connectivity index (χ0v) is 15.3. The second kappa shape index (κ2) is 7.91. The fourth-order valence-electron chi connectivity index (χ4n) is 2.99. The minimum Gasteiger partial charge on any atom is -0.493 e. The van der Waals surface area contributed by atoms with E-state index >= 15 is 0 Å². The molecule has 1 aromatic heterocycles. The molecule has 0 bridgehead atoms. The lowest BCUT2D eigenvalue weighted by atomic mass is 10.1. The average molecular weight is 353 g/mol. The fourth-order valence-corrected chi connectivity index (χ4v) is 2.99. The topological polar surface area (TPSA) is 65.4 Å². The van der Waals surface area contributed by atoms with Gasteiger partial charge in [-0.3, -0.25) is 9.48 Å². The minimum absolute atomic E-state index is 0.0626. The maximum atomic E-state index is 12.3. The third-order valence-corrected chi connectivity index (χ3v) is 4.30. The first-order valence-corrected chi connectivity index (χ1v) is 8.58. The van der Waals surface area contributed by atoms with E-state index in [1.807, 2.05) is 41.1 Å². The third kappa shape index (κ3) is 3.64. The number of nitrogens with zero attached hydrogens (tertiary/aromatic N) is 2. The number of fused-ring (bicyclic) bond motifs is 1. The molecule has 0 spiro atoms. The maximum Gasteiger partial charge on any atom is 0.224 e. The van der Waals surface area contributed by atoms with Crippen molar-refractivity contribution in [3.63, 3.8) is 0 Å². The summed E-state index contributed by atoms with van der Waals surface area (Å²) in [5.41, 5.74) is 2.83. The lowest BCUT2D eigenvalue weighted by molar-refractivity contribution is -0.120. The van der Waals surface area contributed by atoms with Crippen LogP contribution >= 0.6 is 0 Å². The Hall–Kier alpha value is -3.02. The predicted molar refractivity (Wildman–Crippen MR) is 101 cm³/mol. The number of aromatic nitrogens is 2. The first-order chi connectivity index (χ1) is 12.7. The van der Waals surface area contributed by atoms with Gasteiger partial charge in [-0.1, -0.05) is 24.3 Å². The summed E-state index contributed by atoms with van der Waals surface area (Å²) in [6.07, 6.45) is 0.271. The number of rotatable bonds is 7. The summed E-state index contributed by atoms with van der Waals surface area (Å²) in [6.45, 7) is 3.25. The molecule has 0 saturated heterocycles. The van der Waals surface area contributed by atoms with Crippen molar-refractivity contribution in [3.8, 4) is 11.5 Å². The van der Waals surface area contributed by atoms with Crippen molar-refractivity contribution < 1.29 is 14.3 Å². The Morgan fingerprint density at radius 1 is 1.12 bits per heavy atom. The maximum absolute atomic E-state index is 12.3. The second-order valence-corrected chi connectivity index (χ2v) is 5.92. The van der Waals surface area contributed by atoms with Gasteiger partial charge in [0.2, 0.25) is 5.91 Å². The van der Waals surface area contributed by atoms with Gasteiger partial charge in [-0.25, -0.2) is 0 Å². The van der Waals surface area contributed by atoms with E-state index < -0.39 is 0 Å². The van der Waals surface area contributed by atoms with Gasteiger partial charge in [-0.15, -0.1) is 0 Å². The number of carbonyl (C=O) groups excluding carboxylic acids is 1. The number of amides is 1. The first-order valence-electron chi connectivity index (χ1n) is 8.58. The molecule has 0 fully saturated rings. The standard InChI is InChI=1S/C20H23N3O3/c1-4-23-17-8-6-5-7-15(17)16(22-23)13-21-20(24)12-14-9-10-18(25-2)19(11-14)26-3/h5-11H,4,12-13H2,1-3H3,(H,21,24). The van der Waals surface area contributed by atoms with Crippen molar-refractivity contribution in [2.75, 3.05) is 14.2 Å². The van der Waals surface area contributed by atoms with Crippen LogP contribution in [0.15, 0.2) is 42.5 Å². The van der Waals surface area contributed by atoms with Gasteiger partial charge in [-0.2, -0.15) is 5.10 Å². The summed E-state index contributed by atoms with van der Waals surface area (Å²) >= 11 is 0. The molecular formula is C20H23N3O3. The van der Waals surface area contributed by atoms with E-state index in [-0.39, 0.29) is 12.3 Å². The average Bonchev–Trinajstić information content (AvgIpc) is 3.04. The summed E-state index contributed by atoms with van der Waals surface area (Å²) in [4.78, 5) is 12.3. The van der Waals surface area contributed by atoms with Gasteiger partial charge in [0.25, 0.3) is 0 Å². The van der Waals surface area contributed by atoms with Crippen LogP contribution in [0.1, 0.15) is 18.2 Å². The van der Waals surface area contributed by atoms with Gasteiger partial charge in [0, 0.05) is 11.9 Å². The number of nitrogens with one attached hydrogen (secondary N) is 1. The van der Waals surface area contributed by atoms with Crippen LogP contribution in [0.4, 0.5) is 0 Å². The summed E-state index contributed by atoms with van der Waals surface area (Å²) < 4.78 is 12.5. The molecule has 1 heterocycles. The molecule has 0 unspecified atom stereocenters. The number of methoxy groups -OCH3 is 2. The molecule has 0 saturated carbocycles. The van der Waals surface area contributed by atoms with E-state index in [1.165, 1.54) is 0 Å². The van der Waals surface area contributed by atoms with Crippen molar-refractivity contribution in [1.82, 2.24) is 15.1 Å². The van der Waals surface area contributed by atoms with Gasteiger partial charge in [0.05, 0.1) is 38.4 Å². The Morgan fingerprint density at radius 3 is 2.62 bits per heavy atom. The number of benzene rings is 2. The molecule has 3 aromatic rings. The van der Waals surface area contributed by atoms with E-state index in [2.05, 4.69) is 17.3 Å². The molecule has 0 aliphatic rings. The third-order valence-electron chi connectivity index (χ3n) is 4.30. The molecule has 1 N–H and O–H groups in total. The summed E-state index contributed by atoms with van der Waals surface area (Å²) in [5.74, 6) is 1.20. The molecule has 0 atom stereocenters. The summed E-state index contributed by atoms with van der Waals surface area (Å²) in [5, 5.41) is 8.63. The smallest absolute Gasteiger partial charge is 0.224 e. The molecule has 6 heteroatoms. The van der Waals surface area contributed by atoms with Crippen molar-refractivity contribution in [2.24, 2.45) is 0 Å². The monoisotopic (exact) mass is 353 g/mol. The molecule has 0 aliphatic carbocycles. The van der Waals surface area contributed by atoms with Gasteiger partial charge >= 0.3 is 0 Å². The molecule has 26 heavy (non-hydrogen) atoms. The number of aryl methyl sites for hydroxylation is 1.